The highest BCUT2D eigenvalue weighted by molar-refractivity contribution is 5.75. The Morgan fingerprint density at radius 2 is 2.26 bits per heavy atom. The summed E-state index contributed by atoms with van der Waals surface area (Å²) >= 11 is 0. The second-order valence-corrected chi connectivity index (χ2v) is 4.07. The minimum absolute atomic E-state index is 0.0656. The Balaban J connectivity index is 2.17. The molecule has 0 saturated heterocycles. The number of nitrogens with one attached hydrogen (secondary N) is 2. The van der Waals surface area contributed by atoms with Crippen molar-refractivity contribution in [2.24, 2.45) is 0 Å². The van der Waals surface area contributed by atoms with Crippen LogP contribution in [0.25, 0.3) is 0 Å². The van der Waals surface area contributed by atoms with Crippen LogP contribution < -0.4 is 10.6 Å². The van der Waals surface area contributed by atoms with Crippen molar-refractivity contribution >= 4 is 11.6 Å². The molecule has 8 nitrogen and oxygen atoms in total. The van der Waals surface area contributed by atoms with Gasteiger partial charge in [0.15, 0.2) is 0 Å². The maximum Gasteiger partial charge on any atom is 0.306 e. The van der Waals surface area contributed by atoms with Gasteiger partial charge in [-0.25, -0.2) is 0 Å². The highest BCUT2D eigenvalue weighted by atomic mass is 16.6. The summed E-state index contributed by atoms with van der Waals surface area (Å²) in [5, 5.41) is 20.2. The van der Waals surface area contributed by atoms with Gasteiger partial charge >= 0.3 is 5.69 Å². The number of aromatic nitrogens is 2. The van der Waals surface area contributed by atoms with Crippen LogP contribution in [0.4, 0.5) is 5.69 Å². The van der Waals surface area contributed by atoms with Gasteiger partial charge in [0.2, 0.25) is 5.91 Å². The second kappa shape index (κ2) is 8.20. The first-order chi connectivity index (χ1) is 9.13. The molecule has 0 bridgehead atoms. The number of hydrogen-bond donors (Lipinski definition) is 2. The second-order valence-electron chi connectivity index (χ2n) is 4.07. The maximum atomic E-state index is 11.5. The minimum atomic E-state index is -0.511. The molecule has 8 heteroatoms. The lowest BCUT2D eigenvalue weighted by atomic mass is 10.4. The SMILES string of the molecule is CCCNCCNC(=O)CCn1cc([N+](=O)[O-])cn1. The third-order valence-corrected chi connectivity index (χ3v) is 2.45. The number of nitrogens with zero attached hydrogens (tertiary/aromatic N) is 3. The van der Waals surface area contributed by atoms with Gasteiger partial charge in [-0.1, -0.05) is 6.92 Å². The molecular formula is C11H19N5O3. The Kier molecular flexibility index (Phi) is 6.51. The predicted molar refractivity (Wildman–Crippen MR) is 69.7 cm³/mol. The molecular weight excluding hydrogens is 250 g/mol. The summed E-state index contributed by atoms with van der Waals surface area (Å²) in [7, 11) is 0. The maximum absolute atomic E-state index is 11.5. The highest BCUT2D eigenvalue weighted by Crippen LogP contribution is 2.07. The Hall–Kier alpha value is -1.96. The zero-order valence-electron chi connectivity index (χ0n) is 11.0. The lowest BCUT2D eigenvalue weighted by Gasteiger charge is -2.06. The summed E-state index contributed by atoms with van der Waals surface area (Å²) in [5.41, 5.74) is -0.0656. The molecule has 0 fully saturated rings. The quantitative estimate of drug-likeness (QED) is 0.381. The smallest absolute Gasteiger partial charge is 0.306 e. The zero-order valence-corrected chi connectivity index (χ0v) is 11.0. The van der Waals surface area contributed by atoms with E-state index in [4.69, 9.17) is 0 Å². The van der Waals surface area contributed by atoms with Gasteiger partial charge in [-0.3, -0.25) is 19.6 Å². The van der Waals surface area contributed by atoms with Crippen molar-refractivity contribution in [1.29, 1.82) is 0 Å². The summed E-state index contributed by atoms with van der Waals surface area (Å²) < 4.78 is 1.40. The minimum Gasteiger partial charge on any atom is -0.355 e. The molecule has 0 spiro atoms. The molecule has 1 rings (SSSR count). The molecule has 0 aliphatic carbocycles. The van der Waals surface area contributed by atoms with Gasteiger partial charge in [-0.2, -0.15) is 5.10 Å². The van der Waals surface area contributed by atoms with E-state index in [0.29, 0.717) is 13.1 Å². The van der Waals surface area contributed by atoms with E-state index >= 15 is 0 Å². The third kappa shape index (κ3) is 5.96. The summed E-state index contributed by atoms with van der Waals surface area (Å²) in [5.74, 6) is -0.0866. The topological polar surface area (TPSA) is 102 Å². The van der Waals surface area contributed by atoms with Gasteiger partial charge < -0.3 is 10.6 Å². The number of aryl methyl sites for hydroxylation is 1. The van der Waals surface area contributed by atoms with E-state index < -0.39 is 4.92 Å². The first-order valence-corrected chi connectivity index (χ1v) is 6.27. The van der Waals surface area contributed by atoms with Crippen molar-refractivity contribution in [3.63, 3.8) is 0 Å². The Morgan fingerprint density at radius 3 is 2.89 bits per heavy atom. The Morgan fingerprint density at radius 1 is 1.47 bits per heavy atom. The number of carbonyl (C=O) groups excluding carboxylic acids is 1. The molecule has 106 valence electrons. The van der Waals surface area contributed by atoms with Gasteiger partial charge in [0, 0.05) is 26.1 Å². The number of rotatable bonds is 9. The van der Waals surface area contributed by atoms with E-state index in [1.165, 1.54) is 17.1 Å². The largest absolute Gasteiger partial charge is 0.355 e. The van der Waals surface area contributed by atoms with E-state index in [0.717, 1.165) is 19.5 Å². The molecule has 0 aromatic carbocycles. The highest BCUT2D eigenvalue weighted by Gasteiger charge is 2.09. The van der Waals surface area contributed by atoms with Crippen LogP contribution >= 0.6 is 0 Å². The molecule has 0 aliphatic rings. The van der Waals surface area contributed by atoms with Crippen LogP contribution in [0, 0.1) is 10.1 Å². The molecule has 1 heterocycles. The van der Waals surface area contributed by atoms with Crippen molar-refractivity contribution in [3.8, 4) is 0 Å². The summed E-state index contributed by atoms with van der Waals surface area (Å²) in [6.45, 7) is 4.68. The summed E-state index contributed by atoms with van der Waals surface area (Å²) in [6, 6.07) is 0. The van der Waals surface area contributed by atoms with Crippen LogP contribution in [0.2, 0.25) is 0 Å². The molecule has 1 amide bonds. The number of amides is 1. The Bertz CT molecular complexity index is 418. The van der Waals surface area contributed by atoms with E-state index in [-0.39, 0.29) is 18.0 Å². The van der Waals surface area contributed by atoms with Crippen LogP contribution in [-0.2, 0) is 11.3 Å². The Labute approximate surface area is 111 Å². The molecule has 1 aromatic heterocycles. The summed E-state index contributed by atoms with van der Waals surface area (Å²) in [4.78, 5) is 21.4. The normalized spacial score (nSPS) is 10.4. The van der Waals surface area contributed by atoms with E-state index in [1.807, 2.05) is 0 Å². The first-order valence-electron chi connectivity index (χ1n) is 6.27. The van der Waals surface area contributed by atoms with Crippen molar-refractivity contribution in [2.45, 2.75) is 26.3 Å². The molecule has 0 saturated carbocycles. The number of hydrogen-bond acceptors (Lipinski definition) is 5. The fourth-order valence-corrected chi connectivity index (χ4v) is 1.47. The molecule has 1 aromatic rings. The van der Waals surface area contributed by atoms with E-state index in [1.54, 1.807) is 0 Å². The van der Waals surface area contributed by atoms with E-state index in [2.05, 4.69) is 22.7 Å². The van der Waals surface area contributed by atoms with Crippen LogP contribution in [0.5, 0.6) is 0 Å². The van der Waals surface area contributed by atoms with Crippen molar-refractivity contribution < 1.29 is 9.72 Å². The lowest BCUT2D eigenvalue weighted by molar-refractivity contribution is -0.385. The van der Waals surface area contributed by atoms with Gasteiger partial charge in [0.05, 0.1) is 4.92 Å². The number of nitro groups is 1. The molecule has 0 aliphatic heterocycles. The first kappa shape index (κ1) is 15.1. The monoisotopic (exact) mass is 269 g/mol. The lowest BCUT2D eigenvalue weighted by Crippen LogP contribution is -2.32. The standard InChI is InChI=1S/C11H19N5O3/c1-2-4-12-5-6-13-11(17)3-7-15-9-10(8-14-15)16(18)19/h8-9,12H,2-7H2,1H3,(H,13,17). The van der Waals surface area contributed by atoms with Crippen LogP contribution in [-0.4, -0.2) is 40.2 Å². The van der Waals surface area contributed by atoms with Crippen LogP contribution in [0.1, 0.15) is 19.8 Å². The van der Waals surface area contributed by atoms with Crippen molar-refractivity contribution in [1.82, 2.24) is 20.4 Å². The fraction of sp³-hybridized carbons (Fsp3) is 0.636. The predicted octanol–water partition coefficient (Wildman–Crippen LogP) is 0.297. The summed E-state index contributed by atoms with van der Waals surface area (Å²) in [6.07, 6.45) is 3.81. The molecule has 2 N–H and O–H groups in total. The molecule has 0 atom stereocenters. The van der Waals surface area contributed by atoms with Gasteiger partial charge in [-0.15, -0.1) is 0 Å². The zero-order chi connectivity index (χ0) is 14.1. The molecule has 19 heavy (non-hydrogen) atoms. The van der Waals surface area contributed by atoms with Gasteiger partial charge in [-0.05, 0) is 13.0 Å². The van der Waals surface area contributed by atoms with Crippen LogP contribution in [0.3, 0.4) is 0 Å². The van der Waals surface area contributed by atoms with Gasteiger partial charge in [0.25, 0.3) is 0 Å². The van der Waals surface area contributed by atoms with Crippen LogP contribution in [0.15, 0.2) is 12.4 Å². The fourth-order valence-electron chi connectivity index (χ4n) is 1.47. The van der Waals surface area contributed by atoms with Gasteiger partial charge in [0.1, 0.15) is 12.4 Å². The van der Waals surface area contributed by atoms with E-state index in [9.17, 15) is 14.9 Å². The molecule has 0 radical (unpaired) electrons. The average molecular weight is 269 g/mol. The third-order valence-electron chi connectivity index (χ3n) is 2.45. The number of carbonyl (C=O) groups is 1. The average Bonchev–Trinajstić information content (AvgIpc) is 2.85. The van der Waals surface area contributed by atoms with Crippen molar-refractivity contribution in [3.05, 3.63) is 22.5 Å². The van der Waals surface area contributed by atoms with Crippen molar-refractivity contribution in [2.75, 3.05) is 19.6 Å². The molecule has 0 unspecified atom stereocenters.